The molecule has 0 bridgehead atoms. The molecule has 1 fully saturated rings. The van der Waals surface area contributed by atoms with Crippen molar-refractivity contribution >= 4 is 17.2 Å². The van der Waals surface area contributed by atoms with Crippen LogP contribution in [0.2, 0.25) is 0 Å². The lowest BCUT2D eigenvalue weighted by molar-refractivity contribution is 0.661. The Labute approximate surface area is 129 Å². The Kier molecular flexibility index (Phi) is 3.03. The molecule has 21 heavy (non-hydrogen) atoms. The number of pyridine rings is 1. The monoisotopic (exact) mass is 298 g/mol. The summed E-state index contributed by atoms with van der Waals surface area (Å²) >= 11 is 5.22. The van der Waals surface area contributed by atoms with Gasteiger partial charge in [0.05, 0.1) is 11.3 Å². The van der Waals surface area contributed by atoms with Crippen LogP contribution >= 0.6 is 12.2 Å². The molecule has 5 heteroatoms. The molecular formula is C16H18N4S. The molecule has 0 aliphatic heterocycles. The van der Waals surface area contributed by atoms with Gasteiger partial charge in [-0.1, -0.05) is 12.2 Å². The number of hydrogen-bond acceptors (Lipinski definition) is 3. The van der Waals surface area contributed by atoms with E-state index in [1.54, 1.807) is 0 Å². The Balaban J connectivity index is 1.82. The lowest BCUT2D eigenvalue weighted by Gasteiger charge is -2.18. The molecule has 2 aliphatic carbocycles. The fraction of sp³-hybridized carbons (Fsp3) is 0.438. The molecule has 0 saturated heterocycles. The normalized spacial score (nSPS) is 17.5. The van der Waals surface area contributed by atoms with E-state index in [4.69, 9.17) is 22.9 Å². The topological polar surface area (TPSA) is 56.7 Å². The summed E-state index contributed by atoms with van der Waals surface area (Å²) in [6.45, 7) is 0. The van der Waals surface area contributed by atoms with Crippen LogP contribution in [0.15, 0.2) is 18.3 Å². The van der Waals surface area contributed by atoms with E-state index in [-0.39, 0.29) is 0 Å². The summed E-state index contributed by atoms with van der Waals surface area (Å²) in [5.41, 5.74) is 10.4. The van der Waals surface area contributed by atoms with Gasteiger partial charge in [0.2, 0.25) is 0 Å². The smallest absolute Gasteiger partial charge is 0.163 e. The minimum Gasteiger partial charge on any atom is -0.389 e. The van der Waals surface area contributed by atoms with E-state index in [2.05, 4.69) is 17.2 Å². The van der Waals surface area contributed by atoms with Crippen LogP contribution in [0, 0.1) is 0 Å². The van der Waals surface area contributed by atoms with Crippen LogP contribution in [0.1, 0.15) is 54.1 Å². The largest absolute Gasteiger partial charge is 0.389 e. The van der Waals surface area contributed by atoms with Gasteiger partial charge >= 0.3 is 0 Å². The van der Waals surface area contributed by atoms with Gasteiger partial charge in [-0.05, 0) is 56.2 Å². The van der Waals surface area contributed by atoms with Crippen molar-refractivity contribution < 1.29 is 0 Å². The number of aryl methyl sites for hydroxylation is 2. The van der Waals surface area contributed by atoms with E-state index in [1.165, 1.54) is 36.9 Å². The van der Waals surface area contributed by atoms with E-state index in [9.17, 15) is 0 Å². The lowest BCUT2D eigenvalue weighted by atomic mass is 9.94. The van der Waals surface area contributed by atoms with E-state index in [0.717, 1.165) is 29.9 Å². The van der Waals surface area contributed by atoms with Crippen molar-refractivity contribution in [2.45, 2.75) is 44.4 Å². The van der Waals surface area contributed by atoms with Gasteiger partial charge in [0.1, 0.15) is 4.99 Å². The zero-order valence-electron chi connectivity index (χ0n) is 11.9. The number of thiocarbonyl (C=S) groups is 1. The van der Waals surface area contributed by atoms with Gasteiger partial charge in [0.25, 0.3) is 0 Å². The zero-order valence-corrected chi connectivity index (χ0v) is 12.7. The maximum atomic E-state index is 5.91. The third-order valence-electron chi connectivity index (χ3n) is 4.37. The van der Waals surface area contributed by atoms with Crippen LogP contribution in [0.5, 0.6) is 0 Å². The van der Waals surface area contributed by atoms with E-state index >= 15 is 0 Å². The molecule has 2 N–H and O–H groups in total. The second-order valence-electron chi connectivity index (χ2n) is 6.00. The summed E-state index contributed by atoms with van der Waals surface area (Å²) < 4.78 is 1.84. The Bertz CT molecular complexity index is 715. The predicted octanol–water partition coefficient (Wildman–Crippen LogP) is 2.66. The van der Waals surface area contributed by atoms with Crippen LogP contribution in [0.4, 0.5) is 0 Å². The van der Waals surface area contributed by atoms with Crippen LogP contribution < -0.4 is 5.73 Å². The quantitative estimate of drug-likeness (QED) is 0.885. The average Bonchev–Trinajstić information content (AvgIpc) is 3.23. The number of nitrogens with two attached hydrogens (primary N) is 1. The molecular weight excluding hydrogens is 280 g/mol. The van der Waals surface area contributed by atoms with Crippen LogP contribution in [0.25, 0.3) is 5.82 Å². The first kappa shape index (κ1) is 13.0. The lowest BCUT2D eigenvalue weighted by Crippen LogP contribution is -2.18. The number of hydrogen-bond donors (Lipinski definition) is 1. The standard InChI is InChI=1S/C16H18N4S/c17-15(21)12-9-11-3-1-2-4-13(11)18-16(12)20-8-7-14(19-20)10-5-6-10/h7-10H,1-6H2,(H2,17,21). The summed E-state index contributed by atoms with van der Waals surface area (Å²) in [4.78, 5) is 5.23. The van der Waals surface area contributed by atoms with Crippen molar-refractivity contribution in [2.24, 2.45) is 5.73 Å². The second kappa shape index (κ2) is 4.91. The van der Waals surface area contributed by atoms with Crippen molar-refractivity contribution in [3.63, 3.8) is 0 Å². The maximum Gasteiger partial charge on any atom is 0.163 e. The van der Waals surface area contributed by atoms with Crippen molar-refractivity contribution in [3.8, 4) is 5.82 Å². The summed E-state index contributed by atoms with van der Waals surface area (Å²) in [5, 5.41) is 4.67. The Morgan fingerprint density at radius 3 is 2.86 bits per heavy atom. The molecule has 4 rings (SSSR count). The minimum atomic E-state index is 0.398. The van der Waals surface area contributed by atoms with Gasteiger partial charge in [-0.3, -0.25) is 0 Å². The van der Waals surface area contributed by atoms with Crippen molar-refractivity contribution in [3.05, 3.63) is 40.8 Å². The van der Waals surface area contributed by atoms with Crippen molar-refractivity contribution in [1.29, 1.82) is 0 Å². The zero-order chi connectivity index (χ0) is 14.4. The van der Waals surface area contributed by atoms with Gasteiger partial charge in [-0.25, -0.2) is 9.67 Å². The minimum absolute atomic E-state index is 0.398. The SMILES string of the molecule is NC(=S)c1cc2c(nc1-n1ccc(C3CC3)n1)CCCC2. The number of nitrogens with zero attached hydrogens (tertiary/aromatic N) is 3. The molecule has 2 aromatic rings. The first-order valence-electron chi connectivity index (χ1n) is 7.61. The van der Waals surface area contributed by atoms with Gasteiger partial charge < -0.3 is 5.73 Å². The number of aromatic nitrogens is 3. The average molecular weight is 298 g/mol. The third-order valence-corrected chi connectivity index (χ3v) is 4.59. The maximum absolute atomic E-state index is 5.91. The predicted molar refractivity (Wildman–Crippen MR) is 85.9 cm³/mol. The van der Waals surface area contributed by atoms with Gasteiger partial charge in [0, 0.05) is 17.8 Å². The molecule has 2 aromatic heterocycles. The molecule has 1 saturated carbocycles. The first-order chi connectivity index (χ1) is 10.2. The fourth-order valence-electron chi connectivity index (χ4n) is 3.03. The first-order valence-corrected chi connectivity index (χ1v) is 8.02. The molecule has 108 valence electrons. The molecule has 0 spiro atoms. The molecule has 2 aliphatic rings. The van der Waals surface area contributed by atoms with E-state index in [1.807, 2.05) is 10.9 Å². The molecule has 0 amide bonds. The van der Waals surface area contributed by atoms with Crippen LogP contribution in [-0.4, -0.2) is 19.8 Å². The molecule has 0 atom stereocenters. The van der Waals surface area contributed by atoms with E-state index < -0.39 is 0 Å². The summed E-state index contributed by atoms with van der Waals surface area (Å²) in [6.07, 6.45) is 9.01. The second-order valence-corrected chi connectivity index (χ2v) is 6.44. The highest BCUT2D eigenvalue weighted by Gasteiger charge is 2.26. The van der Waals surface area contributed by atoms with Crippen molar-refractivity contribution in [1.82, 2.24) is 14.8 Å². The highest BCUT2D eigenvalue weighted by molar-refractivity contribution is 7.80. The summed E-state index contributed by atoms with van der Waals surface area (Å²) in [6, 6.07) is 4.21. The van der Waals surface area contributed by atoms with Crippen LogP contribution in [0.3, 0.4) is 0 Å². The number of fused-ring (bicyclic) bond motifs is 1. The van der Waals surface area contributed by atoms with E-state index in [0.29, 0.717) is 10.9 Å². The molecule has 2 heterocycles. The molecule has 0 aromatic carbocycles. The van der Waals surface area contributed by atoms with Gasteiger partial charge in [-0.2, -0.15) is 5.10 Å². The Hall–Kier alpha value is -1.75. The molecule has 0 radical (unpaired) electrons. The summed E-state index contributed by atoms with van der Waals surface area (Å²) in [5.74, 6) is 1.42. The summed E-state index contributed by atoms with van der Waals surface area (Å²) in [7, 11) is 0. The Morgan fingerprint density at radius 2 is 2.10 bits per heavy atom. The molecule has 4 nitrogen and oxygen atoms in total. The number of rotatable bonds is 3. The van der Waals surface area contributed by atoms with Gasteiger partial charge in [-0.15, -0.1) is 0 Å². The molecule has 0 unspecified atom stereocenters. The highest BCUT2D eigenvalue weighted by atomic mass is 32.1. The van der Waals surface area contributed by atoms with Gasteiger partial charge in [0.15, 0.2) is 5.82 Å². The highest BCUT2D eigenvalue weighted by Crippen LogP contribution is 2.39. The van der Waals surface area contributed by atoms with Crippen molar-refractivity contribution in [2.75, 3.05) is 0 Å². The van der Waals surface area contributed by atoms with Crippen LogP contribution in [-0.2, 0) is 12.8 Å². The fourth-order valence-corrected chi connectivity index (χ4v) is 3.18. The third kappa shape index (κ3) is 2.35. The Morgan fingerprint density at radius 1 is 1.29 bits per heavy atom.